The molecule has 3 heterocycles. The van der Waals surface area contributed by atoms with E-state index < -0.39 is 11.7 Å². The molecule has 4 rings (SSSR count). The SMILES string of the molecule is COC1=CC=C2C(=CC3c4ccc(C(F)(F)F)cc4CN23)N1CCNC(C)=O. The molecule has 0 spiro atoms. The molecule has 0 saturated carbocycles. The highest BCUT2D eigenvalue weighted by Crippen LogP contribution is 2.48. The molecule has 3 aliphatic rings. The van der Waals surface area contributed by atoms with E-state index in [9.17, 15) is 18.0 Å². The predicted molar refractivity (Wildman–Crippen MR) is 96.4 cm³/mol. The van der Waals surface area contributed by atoms with Crippen LogP contribution in [0.1, 0.15) is 29.7 Å². The summed E-state index contributed by atoms with van der Waals surface area (Å²) >= 11 is 0. The number of allylic oxidation sites excluding steroid dienone is 2. The van der Waals surface area contributed by atoms with E-state index in [4.69, 9.17) is 4.74 Å². The zero-order valence-electron chi connectivity index (χ0n) is 15.5. The van der Waals surface area contributed by atoms with Crippen LogP contribution in [0, 0.1) is 0 Å². The first-order chi connectivity index (χ1) is 13.3. The van der Waals surface area contributed by atoms with Crippen LogP contribution >= 0.6 is 0 Å². The smallest absolute Gasteiger partial charge is 0.416 e. The Morgan fingerprint density at radius 1 is 1.29 bits per heavy atom. The molecule has 0 saturated heterocycles. The molecule has 3 aliphatic heterocycles. The molecule has 1 aromatic rings. The lowest BCUT2D eigenvalue weighted by molar-refractivity contribution is -0.137. The summed E-state index contributed by atoms with van der Waals surface area (Å²) in [6, 6.07) is 3.86. The number of hydrogen-bond acceptors (Lipinski definition) is 4. The summed E-state index contributed by atoms with van der Waals surface area (Å²) in [6.07, 6.45) is 1.47. The number of rotatable bonds is 4. The molecule has 0 bridgehead atoms. The van der Waals surface area contributed by atoms with Crippen molar-refractivity contribution in [1.82, 2.24) is 15.1 Å². The highest BCUT2D eigenvalue weighted by Gasteiger charge is 2.41. The number of alkyl halides is 3. The highest BCUT2D eigenvalue weighted by atomic mass is 19.4. The standard InChI is InChI=1S/C20H20F3N3O2/c1-12(27)24-7-8-25-18-10-17-15-4-3-14(20(21,22)23)9-13(15)11-26(17)16(18)5-6-19(25)28-2/h3-6,9-10,17H,7-8,11H2,1-2H3,(H,24,27). The predicted octanol–water partition coefficient (Wildman–Crippen LogP) is 3.28. The molecule has 0 fully saturated rings. The average molecular weight is 391 g/mol. The first-order valence-corrected chi connectivity index (χ1v) is 8.96. The van der Waals surface area contributed by atoms with Crippen LogP contribution in [-0.2, 0) is 22.3 Å². The van der Waals surface area contributed by atoms with Gasteiger partial charge >= 0.3 is 6.18 Å². The lowest BCUT2D eigenvalue weighted by Crippen LogP contribution is -2.35. The number of methoxy groups -OCH3 is 1. The summed E-state index contributed by atoms with van der Waals surface area (Å²) in [5.74, 6) is 0.556. The number of amides is 1. The summed E-state index contributed by atoms with van der Waals surface area (Å²) in [6.45, 7) is 2.87. The van der Waals surface area contributed by atoms with Gasteiger partial charge in [-0.1, -0.05) is 6.07 Å². The van der Waals surface area contributed by atoms with Crippen molar-refractivity contribution in [1.29, 1.82) is 0 Å². The molecule has 1 amide bonds. The fourth-order valence-electron chi connectivity index (χ4n) is 3.98. The van der Waals surface area contributed by atoms with Gasteiger partial charge in [0.2, 0.25) is 5.91 Å². The van der Waals surface area contributed by atoms with Crippen molar-refractivity contribution in [3.8, 4) is 0 Å². The Bertz CT molecular complexity index is 918. The molecule has 1 N–H and O–H groups in total. The molecular formula is C20H20F3N3O2. The number of nitrogens with zero attached hydrogens (tertiary/aromatic N) is 2. The van der Waals surface area contributed by atoms with Crippen molar-refractivity contribution in [3.63, 3.8) is 0 Å². The maximum absolute atomic E-state index is 13.0. The molecule has 0 aromatic heterocycles. The van der Waals surface area contributed by atoms with Crippen LogP contribution in [0.15, 0.2) is 53.7 Å². The quantitative estimate of drug-likeness (QED) is 0.856. The number of benzene rings is 1. The summed E-state index contributed by atoms with van der Waals surface area (Å²) in [4.78, 5) is 15.2. The monoisotopic (exact) mass is 391 g/mol. The van der Waals surface area contributed by atoms with E-state index in [-0.39, 0.29) is 11.9 Å². The largest absolute Gasteiger partial charge is 0.482 e. The lowest BCUT2D eigenvalue weighted by Gasteiger charge is -2.32. The van der Waals surface area contributed by atoms with Gasteiger partial charge in [0, 0.05) is 32.6 Å². The first kappa shape index (κ1) is 18.5. The zero-order chi connectivity index (χ0) is 20.1. The molecular weight excluding hydrogens is 371 g/mol. The van der Waals surface area contributed by atoms with E-state index >= 15 is 0 Å². The fourth-order valence-corrected chi connectivity index (χ4v) is 3.98. The van der Waals surface area contributed by atoms with E-state index in [1.807, 2.05) is 23.1 Å². The van der Waals surface area contributed by atoms with Gasteiger partial charge in [-0.05, 0) is 35.4 Å². The third-order valence-electron chi connectivity index (χ3n) is 5.21. The van der Waals surface area contributed by atoms with Crippen molar-refractivity contribution in [3.05, 3.63) is 70.4 Å². The van der Waals surface area contributed by atoms with Crippen molar-refractivity contribution < 1.29 is 22.7 Å². The molecule has 148 valence electrons. The summed E-state index contributed by atoms with van der Waals surface area (Å²) in [5, 5.41) is 2.77. The van der Waals surface area contributed by atoms with Crippen molar-refractivity contribution >= 4 is 5.91 Å². The Labute approximate surface area is 160 Å². The Morgan fingerprint density at radius 2 is 2.07 bits per heavy atom. The maximum Gasteiger partial charge on any atom is 0.416 e. The van der Waals surface area contributed by atoms with Gasteiger partial charge in [0.15, 0.2) is 5.88 Å². The van der Waals surface area contributed by atoms with Crippen molar-refractivity contribution in [2.45, 2.75) is 25.7 Å². The van der Waals surface area contributed by atoms with Crippen molar-refractivity contribution in [2.24, 2.45) is 0 Å². The number of halogens is 3. The van der Waals surface area contributed by atoms with E-state index in [2.05, 4.69) is 10.2 Å². The fraction of sp³-hybridized carbons (Fsp3) is 0.350. The maximum atomic E-state index is 13.0. The highest BCUT2D eigenvalue weighted by molar-refractivity contribution is 5.72. The Kier molecular flexibility index (Phi) is 4.36. The molecule has 1 unspecified atom stereocenters. The number of hydrogen-bond donors (Lipinski definition) is 1. The van der Waals surface area contributed by atoms with Gasteiger partial charge in [-0.15, -0.1) is 0 Å². The van der Waals surface area contributed by atoms with Crippen LogP contribution in [0.4, 0.5) is 13.2 Å². The van der Waals surface area contributed by atoms with Crippen LogP contribution < -0.4 is 5.32 Å². The molecule has 5 nitrogen and oxygen atoms in total. The Balaban J connectivity index is 1.64. The van der Waals surface area contributed by atoms with E-state index in [1.54, 1.807) is 13.2 Å². The van der Waals surface area contributed by atoms with Crippen LogP contribution in [0.2, 0.25) is 0 Å². The van der Waals surface area contributed by atoms with Gasteiger partial charge in [-0.3, -0.25) is 4.79 Å². The summed E-state index contributed by atoms with van der Waals surface area (Å²) in [5.41, 5.74) is 2.85. The van der Waals surface area contributed by atoms with Gasteiger partial charge in [0.25, 0.3) is 0 Å². The summed E-state index contributed by atoms with van der Waals surface area (Å²) < 4.78 is 44.5. The normalized spacial score (nSPS) is 20.0. The minimum absolute atomic E-state index is 0.105. The molecule has 1 atom stereocenters. The first-order valence-electron chi connectivity index (χ1n) is 8.96. The third kappa shape index (κ3) is 3.02. The van der Waals surface area contributed by atoms with E-state index in [0.717, 1.165) is 23.0 Å². The number of ether oxygens (including phenoxy) is 1. The van der Waals surface area contributed by atoms with Crippen LogP contribution in [0.5, 0.6) is 0 Å². The minimum Gasteiger partial charge on any atom is -0.482 e. The van der Waals surface area contributed by atoms with Gasteiger partial charge in [0.05, 0.1) is 30.1 Å². The molecule has 1 aromatic carbocycles. The van der Waals surface area contributed by atoms with Crippen LogP contribution in [-0.4, -0.2) is 35.9 Å². The van der Waals surface area contributed by atoms with Gasteiger partial charge in [0.1, 0.15) is 0 Å². The molecule has 8 heteroatoms. The Morgan fingerprint density at radius 3 is 2.75 bits per heavy atom. The lowest BCUT2D eigenvalue weighted by atomic mass is 10.0. The number of carbonyl (C=O) groups excluding carboxylic acids is 1. The number of carbonyl (C=O) groups is 1. The van der Waals surface area contributed by atoms with Crippen LogP contribution in [0.25, 0.3) is 0 Å². The second-order valence-corrected chi connectivity index (χ2v) is 6.93. The molecule has 0 aliphatic carbocycles. The number of fused-ring (bicyclic) bond motifs is 5. The second-order valence-electron chi connectivity index (χ2n) is 6.93. The summed E-state index contributed by atoms with van der Waals surface area (Å²) in [7, 11) is 1.58. The number of nitrogens with one attached hydrogen (secondary N) is 1. The second kappa shape index (κ2) is 6.61. The van der Waals surface area contributed by atoms with Gasteiger partial charge in [-0.25, -0.2) is 0 Å². The molecule has 28 heavy (non-hydrogen) atoms. The minimum atomic E-state index is -4.34. The Hall–Kier alpha value is -2.90. The topological polar surface area (TPSA) is 44.8 Å². The van der Waals surface area contributed by atoms with Crippen LogP contribution in [0.3, 0.4) is 0 Å². The zero-order valence-corrected chi connectivity index (χ0v) is 15.5. The molecule has 0 radical (unpaired) electrons. The van der Waals surface area contributed by atoms with Crippen molar-refractivity contribution in [2.75, 3.05) is 20.2 Å². The van der Waals surface area contributed by atoms with Gasteiger partial charge in [-0.2, -0.15) is 13.2 Å². The van der Waals surface area contributed by atoms with E-state index in [0.29, 0.717) is 31.1 Å². The van der Waals surface area contributed by atoms with E-state index in [1.165, 1.54) is 13.0 Å². The third-order valence-corrected chi connectivity index (χ3v) is 5.21. The van der Waals surface area contributed by atoms with Gasteiger partial charge < -0.3 is 19.9 Å². The average Bonchev–Trinajstić information content (AvgIpc) is 3.16.